The lowest BCUT2D eigenvalue weighted by Crippen LogP contribution is -2.08. The third kappa shape index (κ3) is 4.60. The Hall–Kier alpha value is -1.79. The molecule has 0 aromatic heterocycles. The lowest BCUT2D eigenvalue weighted by atomic mass is 10.1. The number of carbonyl (C=O) groups is 1. The summed E-state index contributed by atoms with van der Waals surface area (Å²) in [6.45, 7) is -5.00. The van der Waals surface area contributed by atoms with Crippen LogP contribution < -0.4 is 9.47 Å². The number of ketones is 1. The van der Waals surface area contributed by atoms with Crippen LogP contribution in [0, 0.1) is 0 Å². The maximum absolute atomic E-state index is 12.1. The maximum atomic E-state index is 12.1. The SMILES string of the molecule is CC(=O)Cc1ccc(OC(F)F)c(OC(F)F)c1. The smallest absolute Gasteiger partial charge is 0.387 e. The molecule has 18 heavy (non-hydrogen) atoms. The van der Waals surface area contributed by atoms with E-state index >= 15 is 0 Å². The molecular weight excluding hydrogens is 256 g/mol. The summed E-state index contributed by atoms with van der Waals surface area (Å²) < 4.78 is 56.4. The van der Waals surface area contributed by atoms with Crippen molar-refractivity contribution in [3.63, 3.8) is 0 Å². The van der Waals surface area contributed by atoms with Crippen LogP contribution in [0.3, 0.4) is 0 Å². The minimum atomic E-state index is -3.17. The summed E-state index contributed by atoms with van der Waals surface area (Å²) in [6.07, 6.45) is -0.00540. The van der Waals surface area contributed by atoms with Gasteiger partial charge in [0.1, 0.15) is 5.78 Å². The summed E-state index contributed by atoms with van der Waals surface area (Å²) in [4.78, 5) is 10.9. The van der Waals surface area contributed by atoms with E-state index < -0.39 is 24.7 Å². The predicted molar refractivity (Wildman–Crippen MR) is 54.1 cm³/mol. The van der Waals surface area contributed by atoms with Gasteiger partial charge in [-0.05, 0) is 24.6 Å². The molecule has 0 saturated carbocycles. The first-order valence-corrected chi connectivity index (χ1v) is 4.90. The monoisotopic (exact) mass is 266 g/mol. The second kappa shape index (κ2) is 6.23. The molecule has 0 N–H and O–H groups in total. The van der Waals surface area contributed by atoms with Gasteiger partial charge in [-0.3, -0.25) is 4.79 Å². The van der Waals surface area contributed by atoms with Crippen LogP contribution in [0.4, 0.5) is 17.6 Å². The van der Waals surface area contributed by atoms with Crippen molar-refractivity contribution in [2.24, 2.45) is 0 Å². The number of alkyl halides is 4. The van der Waals surface area contributed by atoms with Crippen molar-refractivity contribution >= 4 is 5.78 Å². The molecule has 100 valence electrons. The lowest BCUT2D eigenvalue weighted by molar-refractivity contribution is -0.116. The molecule has 3 nitrogen and oxygen atoms in total. The molecule has 0 amide bonds. The minimum Gasteiger partial charge on any atom is -0.431 e. The highest BCUT2D eigenvalue weighted by molar-refractivity contribution is 5.78. The maximum Gasteiger partial charge on any atom is 0.387 e. The fourth-order valence-corrected chi connectivity index (χ4v) is 1.33. The van der Waals surface area contributed by atoms with E-state index in [4.69, 9.17) is 0 Å². The minimum absolute atomic E-state index is 0.00540. The van der Waals surface area contributed by atoms with E-state index in [2.05, 4.69) is 9.47 Å². The van der Waals surface area contributed by atoms with Crippen LogP contribution in [-0.2, 0) is 11.2 Å². The molecule has 0 bridgehead atoms. The van der Waals surface area contributed by atoms with Crippen molar-refractivity contribution in [3.8, 4) is 11.5 Å². The van der Waals surface area contributed by atoms with Crippen LogP contribution in [0.15, 0.2) is 18.2 Å². The van der Waals surface area contributed by atoms with E-state index in [0.29, 0.717) is 5.56 Å². The predicted octanol–water partition coefficient (Wildman–Crippen LogP) is 3.02. The third-order valence-corrected chi connectivity index (χ3v) is 1.89. The number of halogens is 4. The largest absolute Gasteiger partial charge is 0.431 e. The van der Waals surface area contributed by atoms with Crippen molar-refractivity contribution in [2.45, 2.75) is 26.6 Å². The van der Waals surface area contributed by atoms with Crippen molar-refractivity contribution in [2.75, 3.05) is 0 Å². The highest BCUT2D eigenvalue weighted by atomic mass is 19.3. The van der Waals surface area contributed by atoms with E-state index in [1.807, 2.05) is 0 Å². The Morgan fingerprint density at radius 3 is 2.17 bits per heavy atom. The van der Waals surface area contributed by atoms with Crippen molar-refractivity contribution in [1.29, 1.82) is 0 Å². The standard InChI is InChI=1S/C11H10F4O3/c1-6(16)4-7-2-3-8(17-10(12)13)9(5-7)18-11(14)15/h2-3,5,10-11H,4H2,1H3. The first-order chi connectivity index (χ1) is 8.38. The summed E-state index contributed by atoms with van der Waals surface area (Å²) in [7, 11) is 0. The van der Waals surface area contributed by atoms with Gasteiger partial charge >= 0.3 is 13.2 Å². The van der Waals surface area contributed by atoms with Gasteiger partial charge in [-0.15, -0.1) is 0 Å². The fourth-order valence-electron chi connectivity index (χ4n) is 1.33. The van der Waals surface area contributed by atoms with E-state index in [1.54, 1.807) is 0 Å². The molecular formula is C11H10F4O3. The van der Waals surface area contributed by atoms with E-state index in [0.717, 1.165) is 12.1 Å². The summed E-state index contributed by atoms with van der Waals surface area (Å²) in [5.41, 5.74) is 0.375. The molecule has 0 spiro atoms. The number of hydrogen-bond donors (Lipinski definition) is 0. The molecule has 0 heterocycles. The normalized spacial score (nSPS) is 10.8. The van der Waals surface area contributed by atoms with Crippen molar-refractivity contribution in [1.82, 2.24) is 0 Å². The van der Waals surface area contributed by atoms with Gasteiger partial charge in [0.15, 0.2) is 11.5 Å². The van der Waals surface area contributed by atoms with Crippen molar-refractivity contribution < 1.29 is 31.8 Å². The van der Waals surface area contributed by atoms with Crippen LogP contribution in [-0.4, -0.2) is 19.0 Å². The van der Waals surface area contributed by atoms with Crippen LogP contribution >= 0.6 is 0 Å². The number of hydrogen-bond acceptors (Lipinski definition) is 3. The topological polar surface area (TPSA) is 35.5 Å². The Morgan fingerprint density at radius 2 is 1.67 bits per heavy atom. The van der Waals surface area contributed by atoms with E-state index in [9.17, 15) is 22.4 Å². The molecule has 0 saturated heterocycles. The van der Waals surface area contributed by atoms with Gasteiger partial charge in [-0.1, -0.05) is 6.07 Å². The van der Waals surface area contributed by atoms with Crippen molar-refractivity contribution in [3.05, 3.63) is 23.8 Å². The average molecular weight is 266 g/mol. The Morgan fingerprint density at radius 1 is 1.11 bits per heavy atom. The molecule has 0 atom stereocenters. The fraction of sp³-hybridized carbons (Fsp3) is 0.364. The molecule has 7 heteroatoms. The van der Waals surface area contributed by atoms with E-state index in [-0.39, 0.29) is 12.2 Å². The first kappa shape index (κ1) is 14.3. The van der Waals surface area contributed by atoms with Gasteiger partial charge in [-0.25, -0.2) is 0 Å². The van der Waals surface area contributed by atoms with Gasteiger partial charge < -0.3 is 9.47 Å². The lowest BCUT2D eigenvalue weighted by Gasteiger charge is -2.12. The molecule has 1 aromatic carbocycles. The zero-order valence-corrected chi connectivity index (χ0v) is 9.33. The van der Waals surface area contributed by atoms with Crippen LogP contribution in [0.2, 0.25) is 0 Å². The summed E-state index contributed by atoms with van der Waals surface area (Å²) in [6, 6.07) is 3.46. The molecule has 0 aliphatic heterocycles. The highest BCUT2D eigenvalue weighted by Gasteiger charge is 2.15. The number of ether oxygens (including phenoxy) is 2. The summed E-state index contributed by atoms with van der Waals surface area (Å²) in [5, 5.41) is 0. The number of carbonyl (C=O) groups excluding carboxylic acids is 1. The Bertz CT molecular complexity index is 421. The van der Waals surface area contributed by atoms with Gasteiger partial charge in [0.05, 0.1) is 0 Å². The third-order valence-electron chi connectivity index (χ3n) is 1.89. The zero-order chi connectivity index (χ0) is 13.7. The molecule has 0 aliphatic carbocycles. The number of benzene rings is 1. The molecule has 1 aromatic rings. The van der Waals surface area contributed by atoms with Crippen LogP contribution in [0.5, 0.6) is 11.5 Å². The molecule has 1 rings (SSSR count). The van der Waals surface area contributed by atoms with Crippen LogP contribution in [0.1, 0.15) is 12.5 Å². The van der Waals surface area contributed by atoms with E-state index in [1.165, 1.54) is 13.0 Å². The molecule has 0 unspecified atom stereocenters. The zero-order valence-electron chi connectivity index (χ0n) is 9.33. The molecule has 0 fully saturated rings. The Balaban J connectivity index is 2.99. The van der Waals surface area contributed by atoms with Gasteiger partial charge in [-0.2, -0.15) is 17.6 Å². The number of Topliss-reactive ketones (excluding diaryl/α,β-unsaturated/α-hetero) is 1. The average Bonchev–Trinajstić information content (AvgIpc) is 2.19. The molecule has 0 radical (unpaired) electrons. The Labute approximate surface area is 100 Å². The molecule has 0 aliphatic rings. The number of rotatable bonds is 6. The van der Waals surface area contributed by atoms with Gasteiger partial charge in [0.2, 0.25) is 0 Å². The van der Waals surface area contributed by atoms with Gasteiger partial charge in [0.25, 0.3) is 0 Å². The quantitative estimate of drug-likeness (QED) is 0.742. The second-order valence-electron chi connectivity index (χ2n) is 3.42. The Kier molecular flexibility index (Phi) is 4.94. The van der Waals surface area contributed by atoms with Gasteiger partial charge in [0, 0.05) is 6.42 Å². The highest BCUT2D eigenvalue weighted by Crippen LogP contribution is 2.31. The summed E-state index contributed by atoms with van der Waals surface area (Å²) >= 11 is 0. The van der Waals surface area contributed by atoms with Crippen LogP contribution in [0.25, 0.3) is 0 Å². The summed E-state index contributed by atoms with van der Waals surface area (Å²) in [5.74, 6) is -1.22. The second-order valence-corrected chi connectivity index (χ2v) is 3.42. The first-order valence-electron chi connectivity index (χ1n) is 4.90.